The molecule has 1 aliphatic heterocycles. The van der Waals surface area contributed by atoms with Crippen LogP contribution < -0.4 is 15.8 Å². The van der Waals surface area contributed by atoms with Crippen LogP contribution in [0.15, 0.2) is 39.2 Å². The van der Waals surface area contributed by atoms with Gasteiger partial charge in [0, 0.05) is 11.5 Å². The van der Waals surface area contributed by atoms with Gasteiger partial charge in [-0.2, -0.15) is 0 Å². The molecular weight excluding hydrogens is 246 g/mol. The second-order valence-electron chi connectivity index (χ2n) is 4.93. The first-order chi connectivity index (χ1) is 9.01. The van der Waals surface area contributed by atoms with Crippen molar-refractivity contribution in [3.63, 3.8) is 0 Å². The molecule has 0 amide bonds. The van der Waals surface area contributed by atoms with Gasteiger partial charge in [0.2, 0.25) is 0 Å². The van der Waals surface area contributed by atoms with E-state index in [2.05, 4.69) is 5.48 Å². The average Bonchev–Trinajstić information content (AvgIpc) is 2.36. The lowest BCUT2D eigenvalue weighted by Gasteiger charge is -2.32. The van der Waals surface area contributed by atoms with Gasteiger partial charge in [0.15, 0.2) is 0 Å². The lowest BCUT2D eigenvalue weighted by molar-refractivity contribution is 0.0921. The molecule has 0 spiro atoms. The third-order valence-electron chi connectivity index (χ3n) is 3.21. The van der Waals surface area contributed by atoms with Crippen molar-refractivity contribution in [3.8, 4) is 5.75 Å². The molecule has 2 aromatic rings. The van der Waals surface area contributed by atoms with Crippen molar-refractivity contribution in [1.29, 1.82) is 0 Å². The maximum Gasteiger partial charge on any atom is 0.336 e. The monoisotopic (exact) mass is 259 g/mol. The fraction of sp³-hybridized carbons (Fsp3) is 0.214. The van der Waals surface area contributed by atoms with E-state index < -0.39 is 11.2 Å². The summed E-state index contributed by atoms with van der Waals surface area (Å²) >= 11 is 0. The van der Waals surface area contributed by atoms with Crippen LogP contribution in [0.5, 0.6) is 5.75 Å². The molecule has 98 valence electrons. The van der Waals surface area contributed by atoms with Gasteiger partial charge in [-0.3, -0.25) is 10.7 Å². The molecule has 2 N–H and O–H groups in total. The topological polar surface area (TPSA) is 71.7 Å². The summed E-state index contributed by atoms with van der Waals surface area (Å²) < 4.78 is 11.0. The standard InChI is InChI=1S/C14H13NO4/c1-14(2)11(15-17)7-9-10(19-14)5-3-8-4-6-12(16)18-13(8)9/h3-7,15,17H,1-2H3. The van der Waals surface area contributed by atoms with Crippen molar-refractivity contribution in [2.45, 2.75) is 19.4 Å². The predicted molar refractivity (Wildman–Crippen MR) is 70.1 cm³/mol. The molecule has 2 heterocycles. The molecule has 0 fully saturated rings. The van der Waals surface area contributed by atoms with Crippen LogP contribution in [0.25, 0.3) is 17.0 Å². The Balaban J connectivity index is 2.34. The van der Waals surface area contributed by atoms with Gasteiger partial charge in [-0.15, -0.1) is 0 Å². The summed E-state index contributed by atoms with van der Waals surface area (Å²) in [5, 5.41) is 9.99. The third-order valence-corrected chi connectivity index (χ3v) is 3.21. The summed E-state index contributed by atoms with van der Waals surface area (Å²) in [6, 6.07) is 6.72. The molecule has 19 heavy (non-hydrogen) atoms. The number of hydrogen-bond donors (Lipinski definition) is 2. The molecule has 0 saturated carbocycles. The summed E-state index contributed by atoms with van der Waals surface area (Å²) in [6.07, 6.45) is 1.73. The van der Waals surface area contributed by atoms with Crippen LogP contribution in [0.2, 0.25) is 0 Å². The van der Waals surface area contributed by atoms with Crippen molar-refractivity contribution in [2.75, 3.05) is 0 Å². The van der Waals surface area contributed by atoms with E-state index in [0.29, 0.717) is 22.6 Å². The Morgan fingerprint density at radius 1 is 1.21 bits per heavy atom. The molecule has 1 aromatic heterocycles. The molecule has 0 aliphatic carbocycles. The molecule has 0 unspecified atom stereocenters. The molecule has 1 aromatic carbocycles. The number of benzene rings is 1. The SMILES string of the molecule is CC1(C)Oc2ccc3ccc(=O)oc3c2C=C1NO. The first-order valence-electron chi connectivity index (χ1n) is 5.89. The summed E-state index contributed by atoms with van der Waals surface area (Å²) in [6.45, 7) is 3.66. The van der Waals surface area contributed by atoms with E-state index in [0.717, 1.165) is 5.39 Å². The maximum atomic E-state index is 11.4. The third kappa shape index (κ3) is 1.79. The van der Waals surface area contributed by atoms with Crippen LogP contribution in [0.1, 0.15) is 19.4 Å². The van der Waals surface area contributed by atoms with E-state index in [1.54, 1.807) is 12.1 Å². The Kier molecular flexibility index (Phi) is 2.40. The van der Waals surface area contributed by atoms with E-state index in [1.807, 2.05) is 26.0 Å². The summed E-state index contributed by atoms with van der Waals surface area (Å²) in [7, 11) is 0. The van der Waals surface area contributed by atoms with Gasteiger partial charge < -0.3 is 9.15 Å². The largest absolute Gasteiger partial charge is 0.481 e. The Hall–Kier alpha value is -2.27. The Morgan fingerprint density at radius 3 is 2.68 bits per heavy atom. The molecule has 5 heteroatoms. The Morgan fingerprint density at radius 2 is 1.95 bits per heavy atom. The first kappa shape index (κ1) is 11.8. The highest BCUT2D eigenvalue weighted by Gasteiger charge is 2.31. The molecule has 0 saturated heterocycles. The van der Waals surface area contributed by atoms with Gasteiger partial charge in [-0.05, 0) is 38.1 Å². The number of ether oxygens (including phenoxy) is 1. The predicted octanol–water partition coefficient (Wildman–Crippen LogP) is 2.28. The van der Waals surface area contributed by atoms with Gasteiger partial charge >= 0.3 is 5.63 Å². The van der Waals surface area contributed by atoms with Crippen LogP contribution in [0, 0.1) is 0 Å². The van der Waals surface area contributed by atoms with Crippen LogP contribution in [-0.2, 0) is 0 Å². The summed E-state index contributed by atoms with van der Waals surface area (Å²) in [4.78, 5) is 11.4. The average molecular weight is 259 g/mol. The highest BCUT2D eigenvalue weighted by atomic mass is 16.5. The molecular formula is C14H13NO4. The van der Waals surface area contributed by atoms with Crippen molar-refractivity contribution in [3.05, 3.63) is 45.9 Å². The summed E-state index contributed by atoms with van der Waals surface area (Å²) in [5.74, 6) is 0.617. The molecule has 0 atom stereocenters. The van der Waals surface area contributed by atoms with E-state index in [-0.39, 0.29) is 0 Å². The minimum absolute atomic E-state index is 0.419. The van der Waals surface area contributed by atoms with Crippen molar-refractivity contribution in [2.24, 2.45) is 0 Å². The zero-order chi connectivity index (χ0) is 13.6. The Bertz CT molecular complexity index is 743. The van der Waals surface area contributed by atoms with Gasteiger partial charge in [-0.1, -0.05) is 0 Å². The van der Waals surface area contributed by atoms with Crippen LogP contribution >= 0.6 is 0 Å². The van der Waals surface area contributed by atoms with Crippen LogP contribution in [-0.4, -0.2) is 10.8 Å². The van der Waals surface area contributed by atoms with E-state index in [4.69, 9.17) is 9.15 Å². The minimum atomic E-state index is -0.676. The van der Waals surface area contributed by atoms with E-state index in [1.165, 1.54) is 6.07 Å². The second-order valence-corrected chi connectivity index (χ2v) is 4.93. The quantitative estimate of drug-likeness (QED) is 0.607. The lowest BCUT2D eigenvalue weighted by atomic mass is 9.97. The molecule has 3 rings (SSSR count). The Labute approximate surface area is 109 Å². The maximum absolute atomic E-state index is 11.4. The van der Waals surface area contributed by atoms with Crippen molar-refractivity contribution >= 4 is 17.0 Å². The zero-order valence-electron chi connectivity index (χ0n) is 10.6. The van der Waals surface area contributed by atoms with Gasteiger partial charge in [-0.25, -0.2) is 4.79 Å². The number of rotatable bonds is 1. The van der Waals surface area contributed by atoms with Crippen molar-refractivity contribution in [1.82, 2.24) is 5.48 Å². The fourth-order valence-electron chi connectivity index (χ4n) is 2.18. The van der Waals surface area contributed by atoms with Crippen LogP contribution in [0.3, 0.4) is 0 Å². The highest BCUT2D eigenvalue weighted by molar-refractivity contribution is 5.89. The number of fused-ring (bicyclic) bond motifs is 3. The van der Waals surface area contributed by atoms with Crippen LogP contribution in [0.4, 0.5) is 0 Å². The van der Waals surface area contributed by atoms with Gasteiger partial charge in [0.25, 0.3) is 0 Å². The van der Waals surface area contributed by atoms with Gasteiger partial charge in [0.1, 0.15) is 16.9 Å². The number of hydrogen-bond acceptors (Lipinski definition) is 5. The molecule has 1 aliphatic rings. The number of nitrogens with one attached hydrogen (secondary N) is 1. The fourth-order valence-corrected chi connectivity index (χ4v) is 2.18. The molecule has 0 radical (unpaired) electrons. The molecule has 0 bridgehead atoms. The summed E-state index contributed by atoms with van der Waals surface area (Å²) in [5.41, 5.74) is 2.63. The highest BCUT2D eigenvalue weighted by Crippen LogP contribution is 2.37. The van der Waals surface area contributed by atoms with Crippen molar-refractivity contribution < 1.29 is 14.4 Å². The first-order valence-corrected chi connectivity index (χ1v) is 5.89. The molecule has 5 nitrogen and oxygen atoms in total. The number of hydroxylamine groups is 1. The van der Waals surface area contributed by atoms with Gasteiger partial charge in [0.05, 0.1) is 11.3 Å². The van der Waals surface area contributed by atoms with E-state index >= 15 is 0 Å². The normalized spacial score (nSPS) is 16.5. The smallest absolute Gasteiger partial charge is 0.336 e. The van der Waals surface area contributed by atoms with E-state index in [9.17, 15) is 10.0 Å². The zero-order valence-corrected chi connectivity index (χ0v) is 10.6. The minimum Gasteiger partial charge on any atom is -0.481 e. The lowest BCUT2D eigenvalue weighted by Crippen LogP contribution is -2.38. The second kappa shape index (κ2) is 3.86.